The van der Waals surface area contributed by atoms with E-state index in [-0.39, 0.29) is 0 Å². The molecular formula is C13H8ClN3OS. The molecule has 2 heterocycles. The molecule has 0 bridgehead atoms. The van der Waals surface area contributed by atoms with Crippen molar-refractivity contribution in [1.82, 2.24) is 14.6 Å². The number of hydrogen-bond acceptors (Lipinski definition) is 4. The smallest absolute Gasteiger partial charge is 0.200 e. The molecule has 6 heteroatoms. The average molecular weight is 290 g/mol. The van der Waals surface area contributed by atoms with Crippen LogP contribution in [-0.2, 0) is 0 Å². The molecule has 1 aromatic carbocycles. The monoisotopic (exact) mass is 289 g/mol. The topological polar surface area (TPSA) is 47.3 Å². The van der Waals surface area contributed by atoms with Crippen molar-refractivity contribution in [3.8, 4) is 0 Å². The summed E-state index contributed by atoms with van der Waals surface area (Å²) >= 11 is 7.45. The normalized spacial score (nSPS) is 10.8. The fourth-order valence-electron chi connectivity index (χ4n) is 1.66. The van der Waals surface area contributed by atoms with Gasteiger partial charge in [-0.2, -0.15) is 0 Å². The maximum atomic E-state index is 10.7. The van der Waals surface area contributed by atoms with Crippen LogP contribution in [0.3, 0.4) is 0 Å². The SMILES string of the molecule is O=Cc1ccc(Sc2nnc3ccccn23)cc1Cl. The van der Waals surface area contributed by atoms with Crippen LogP contribution >= 0.6 is 23.4 Å². The van der Waals surface area contributed by atoms with Gasteiger partial charge < -0.3 is 0 Å². The van der Waals surface area contributed by atoms with Gasteiger partial charge in [0.15, 0.2) is 17.1 Å². The second-order valence-corrected chi connectivity index (χ2v) is 5.26. The predicted octanol–water partition coefficient (Wildman–Crippen LogP) is 3.35. The summed E-state index contributed by atoms with van der Waals surface area (Å²) in [5.74, 6) is 0. The minimum absolute atomic E-state index is 0.439. The van der Waals surface area contributed by atoms with Gasteiger partial charge >= 0.3 is 0 Å². The molecule has 0 aliphatic heterocycles. The fourth-order valence-corrected chi connectivity index (χ4v) is 2.81. The largest absolute Gasteiger partial charge is 0.298 e. The van der Waals surface area contributed by atoms with Gasteiger partial charge in [-0.25, -0.2) is 0 Å². The van der Waals surface area contributed by atoms with E-state index >= 15 is 0 Å². The van der Waals surface area contributed by atoms with Crippen molar-refractivity contribution in [2.75, 3.05) is 0 Å². The van der Waals surface area contributed by atoms with Gasteiger partial charge in [0.05, 0.1) is 5.02 Å². The highest BCUT2D eigenvalue weighted by Gasteiger charge is 2.08. The summed E-state index contributed by atoms with van der Waals surface area (Å²) in [6.07, 6.45) is 2.64. The average Bonchev–Trinajstić information content (AvgIpc) is 2.83. The maximum Gasteiger partial charge on any atom is 0.200 e. The number of carbonyl (C=O) groups excluding carboxylic acids is 1. The molecule has 0 saturated heterocycles. The molecule has 4 nitrogen and oxygen atoms in total. The third-order valence-electron chi connectivity index (χ3n) is 2.59. The van der Waals surface area contributed by atoms with Crippen LogP contribution in [0.4, 0.5) is 0 Å². The van der Waals surface area contributed by atoms with Crippen molar-refractivity contribution < 1.29 is 4.79 Å². The molecule has 0 aliphatic rings. The standard InChI is InChI=1S/C13H8ClN3OS/c14-11-7-10(5-4-9(11)8-18)19-13-16-15-12-3-1-2-6-17(12)13/h1-8H. The first-order valence-electron chi connectivity index (χ1n) is 5.50. The van der Waals surface area contributed by atoms with E-state index < -0.39 is 0 Å². The molecule has 2 aromatic heterocycles. The minimum Gasteiger partial charge on any atom is -0.298 e. The fraction of sp³-hybridized carbons (Fsp3) is 0. The Hall–Kier alpha value is -1.85. The van der Waals surface area contributed by atoms with Crippen molar-refractivity contribution in [3.63, 3.8) is 0 Å². The number of rotatable bonds is 3. The van der Waals surface area contributed by atoms with Gasteiger partial charge in [0, 0.05) is 16.7 Å². The summed E-state index contributed by atoms with van der Waals surface area (Å²) in [7, 11) is 0. The first kappa shape index (κ1) is 12.2. The highest BCUT2D eigenvalue weighted by atomic mass is 35.5. The van der Waals surface area contributed by atoms with Crippen molar-refractivity contribution in [3.05, 3.63) is 53.2 Å². The second-order valence-electron chi connectivity index (χ2n) is 3.81. The Balaban J connectivity index is 1.97. The molecular weight excluding hydrogens is 282 g/mol. The van der Waals surface area contributed by atoms with Crippen LogP contribution in [0.25, 0.3) is 5.65 Å². The predicted molar refractivity (Wildman–Crippen MR) is 73.9 cm³/mol. The highest BCUT2D eigenvalue weighted by Crippen LogP contribution is 2.29. The van der Waals surface area contributed by atoms with E-state index in [0.717, 1.165) is 22.0 Å². The van der Waals surface area contributed by atoms with Gasteiger partial charge in [-0.05, 0) is 42.1 Å². The molecule has 0 fully saturated rings. The van der Waals surface area contributed by atoms with E-state index in [4.69, 9.17) is 11.6 Å². The lowest BCUT2D eigenvalue weighted by Gasteiger charge is -2.02. The summed E-state index contributed by atoms with van der Waals surface area (Å²) < 4.78 is 1.90. The molecule has 0 spiro atoms. The van der Waals surface area contributed by atoms with E-state index in [1.54, 1.807) is 12.1 Å². The van der Waals surface area contributed by atoms with E-state index in [9.17, 15) is 4.79 Å². The lowest BCUT2D eigenvalue weighted by Crippen LogP contribution is -1.87. The number of fused-ring (bicyclic) bond motifs is 1. The van der Waals surface area contributed by atoms with Crippen LogP contribution in [-0.4, -0.2) is 20.9 Å². The number of aldehydes is 1. The zero-order valence-electron chi connectivity index (χ0n) is 9.65. The van der Waals surface area contributed by atoms with Crippen LogP contribution < -0.4 is 0 Å². The van der Waals surface area contributed by atoms with Crippen LogP contribution in [0.2, 0.25) is 5.02 Å². The Labute approximate surface area is 118 Å². The Bertz CT molecular complexity index is 756. The molecule has 0 saturated carbocycles. The van der Waals surface area contributed by atoms with E-state index in [1.807, 2.05) is 34.9 Å². The number of aromatic nitrogens is 3. The number of hydrogen-bond donors (Lipinski definition) is 0. The molecule has 3 rings (SSSR count). The van der Waals surface area contributed by atoms with Gasteiger partial charge in [0.2, 0.25) is 0 Å². The zero-order chi connectivity index (χ0) is 13.2. The number of halogens is 1. The number of carbonyl (C=O) groups is 1. The minimum atomic E-state index is 0.439. The number of pyridine rings is 1. The quantitative estimate of drug-likeness (QED) is 0.694. The van der Waals surface area contributed by atoms with Crippen molar-refractivity contribution in [2.45, 2.75) is 10.1 Å². The first-order valence-corrected chi connectivity index (χ1v) is 6.70. The maximum absolute atomic E-state index is 10.7. The van der Waals surface area contributed by atoms with E-state index in [1.165, 1.54) is 11.8 Å². The Morgan fingerprint density at radius 3 is 2.89 bits per heavy atom. The molecule has 3 aromatic rings. The van der Waals surface area contributed by atoms with E-state index in [2.05, 4.69) is 10.2 Å². The molecule has 0 amide bonds. The van der Waals surface area contributed by atoms with E-state index in [0.29, 0.717) is 10.6 Å². The zero-order valence-corrected chi connectivity index (χ0v) is 11.2. The van der Waals surface area contributed by atoms with Gasteiger partial charge in [-0.15, -0.1) is 10.2 Å². The molecule has 0 radical (unpaired) electrons. The molecule has 0 N–H and O–H groups in total. The summed E-state index contributed by atoms with van der Waals surface area (Å²) in [6, 6.07) is 11.0. The summed E-state index contributed by atoms with van der Waals surface area (Å²) in [5, 5.41) is 9.39. The summed E-state index contributed by atoms with van der Waals surface area (Å²) in [6.45, 7) is 0. The molecule has 0 aliphatic carbocycles. The van der Waals surface area contributed by atoms with Gasteiger partial charge in [-0.1, -0.05) is 17.7 Å². The van der Waals surface area contributed by atoms with Gasteiger partial charge in [-0.3, -0.25) is 9.20 Å². The molecule has 0 atom stereocenters. The second kappa shape index (κ2) is 5.03. The summed E-state index contributed by atoms with van der Waals surface area (Å²) in [5.41, 5.74) is 1.28. The van der Waals surface area contributed by atoms with Crippen molar-refractivity contribution in [2.24, 2.45) is 0 Å². The van der Waals surface area contributed by atoms with Crippen molar-refractivity contribution >= 4 is 35.3 Å². The van der Waals surface area contributed by atoms with Crippen LogP contribution in [0.1, 0.15) is 10.4 Å². The van der Waals surface area contributed by atoms with Crippen LogP contribution in [0.15, 0.2) is 52.6 Å². The molecule has 0 unspecified atom stereocenters. The van der Waals surface area contributed by atoms with Gasteiger partial charge in [0.25, 0.3) is 0 Å². The highest BCUT2D eigenvalue weighted by molar-refractivity contribution is 7.99. The molecule has 94 valence electrons. The number of benzene rings is 1. The Kier molecular flexibility index (Phi) is 3.23. The molecule has 19 heavy (non-hydrogen) atoms. The lowest BCUT2D eigenvalue weighted by atomic mass is 10.2. The first-order chi connectivity index (χ1) is 9.28. The Morgan fingerprint density at radius 2 is 2.11 bits per heavy atom. The Morgan fingerprint density at radius 1 is 1.21 bits per heavy atom. The third-order valence-corrected chi connectivity index (χ3v) is 3.87. The van der Waals surface area contributed by atoms with Gasteiger partial charge in [0.1, 0.15) is 0 Å². The third kappa shape index (κ3) is 2.34. The number of nitrogens with zero attached hydrogens (tertiary/aromatic N) is 3. The van der Waals surface area contributed by atoms with Crippen molar-refractivity contribution in [1.29, 1.82) is 0 Å². The summed E-state index contributed by atoms with van der Waals surface area (Å²) in [4.78, 5) is 11.6. The lowest BCUT2D eigenvalue weighted by molar-refractivity contribution is 0.112. The van der Waals surface area contributed by atoms with Crippen LogP contribution in [0, 0.1) is 0 Å². The van der Waals surface area contributed by atoms with Crippen LogP contribution in [0.5, 0.6) is 0 Å².